The Kier molecular flexibility index (Phi) is 4.80. The number of carbonyl (C=O) groups excluding carboxylic acids is 1. The molecule has 1 aromatic heterocycles. The minimum absolute atomic E-state index is 0.0116. The van der Waals surface area contributed by atoms with Gasteiger partial charge in [0, 0.05) is 22.1 Å². The van der Waals surface area contributed by atoms with E-state index in [2.05, 4.69) is 5.16 Å². The molecular weight excluding hydrogens is 346 g/mol. The lowest BCUT2D eigenvalue weighted by Gasteiger charge is -2.05. The number of hydrogen-bond donors (Lipinski definition) is 0. The van der Waals surface area contributed by atoms with Gasteiger partial charge in [-0.15, -0.1) is 11.8 Å². The topological polar surface area (TPSA) is 52.3 Å². The molecule has 0 N–H and O–H groups in total. The lowest BCUT2D eigenvalue weighted by Crippen LogP contribution is -2.02. The summed E-state index contributed by atoms with van der Waals surface area (Å²) in [6.07, 6.45) is 3.71. The molecule has 0 spiro atoms. The van der Waals surface area contributed by atoms with Crippen molar-refractivity contribution >= 4 is 17.5 Å². The molecule has 1 aliphatic carbocycles. The lowest BCUT2D eigenvalue weighted by molar-refractivity contribution is 0.103. The van der Waals surface area contributed by atoms with Gasteiger partial charge in [-0.2, -0.15) is 0 Å². The van der Waals surface area contributed by atoms with Gasteiger partial charge in [-0.3, -0.25) is 4.79 Å². The molecule has 1 fully saturated rings. The van der Waals surface area contributed by atoms with Crippen LogP contribution in [0.25, 0.3) is 0 Å². The highest BCUT2D eigenvalue weighted by Crippen LogP contribution is 2.42. The van der Waals surface area contributed by atoms with Gasteiger partial charge in [0.05, 0.1) is 18.9 Å². The monoisotopic (exact) mass is 365 g/mol. The van der Waals surface area contributed by atoms with Gasteiger partial charge in [-0.25, -0.2) is 0 Å². The first-order chi connectivity index (χ1) is 12.7. The number of benzene rings is 2. The van der Waals surface area contributed by atoms with Crippen molar-refractivity contribution in [3.63, 3.8) is 0 Å². The van der Waals surface area contributed by atoms with Crippen LogP contribution in [0.1, 0.15) is 46.0 Å². The Morgan fingerprint density at radius 1 is 1.15 bits per heavy atom. The molecule has 1 saturated carbocycles. The molecular formula is C21H19NO3S. The largest absolute Gasteiger partial charge is 0.497 e. The minimum Gasteiger partial charge on any atom is -0.497 e. The van der Waals surface area contributed by atoms with Crippen LogP contribution in [0.3, 0.4) is 0 Å². The average Bonchev–Trinajstić information content (AvgIpc) is 3.43. The van der Waals surface area contributed by atoms with Crippen LogP contribution in [-0.4, -0.2) is 18.0 Å². The van der Waals surface area contributed by atoms with E-state index in [1.165, 1.54) is 10.5 Å². The van der Waals surface area contributed by atoms with E-state index in [1.54, 1.807) is 25.1 Å². The number of methoxy groups -OCH3 is 1. The minimum atomic E-state index is -0.0116. The summed E-state index contributed by atoms with van der Waals surface area (Å²) < 4.78 is 10.4. The molecule has 1 heterocycles. The molecule has 26 heavy (non-hydrogen) atoms. The van der Waals surface area contributed by atoms with Crippen LogP contribution in [-0.2, 0) is 5.75 Å². The van der Waals surface area contributed by atoms with Crippen molar-refractivity contribution in [3.8, 4) is 5.75 Å². The van der Waals surface area contributed by atoms with Crippen LogP contribution in [0.15, 0.2) is 64.1 Å². The number of aromatic nitrogens is 1. The van der Waals surface area contributed by atoms with Gasteiger partial charge in [0.25, 0.3) is 0 Å². The van der Waals surface area contributed by atoms with E-state index in [0.717, 1.165) is 30.1 Å². The van der Waals surface area contributed by atoms with Crippen LogP contribution < -0.4 is 4.74 Å². The highest BCUT2D eigenvalue weighted by molar-refractivity contribution is 7.98. The fraction of sp³-hybridized carbons (Fsp3) is 0.238. The third-order valence-corrected chi connectivity index (χ3v) is 5.56. The zero-order valence-corrected chi connectivity index (χ0v) is 15.3. The first-order valence-electron chi connectivity index (χ1n) is 8.59. The maximum atomic E-state index is 12.7. The maximum Gasteiger partial charge on any atom is 0.198 e. The third kappa shape index (κ3) is 3.68. The molecule has 0 aliphatic heterocycles. The van der Waals surface area contributed by atoms with Crippen LogP contribution in [0, 0.1) is 0 Å². The number of carbonyl (C=O) groups is 1. The number of ketones is 1. The molecule has 1 aliphatic rings. The van der Waals surface area contributed by atoms with Crippen LogP contribution in [0.5, 0.6) is 5.75 Å². The summed E-state index contributed by atoms with van der Waals surface area (Å²) in [4.78, 5) is 13.9. The summed E-state index contributed by atoms with van der Waals surface area (Å²) in [5.41, 5.74) is 2.45. The number of thioether (sulfide) groups is 1. The first kappa shape index (κ1) is 16.9. The summed E-state index contributed by atoms with van der Waals surface area (Å²) >= 11 is 1.75. The number of ether oxygens (including phenoxy) is 1. The van der Waals surface area contributed by atoms with Crippen LogP contribution in [0.4, 0.5) is 0 Å². The van der Waals surface area contributed by atoms with Crippen molar-refractivity contribution in [1.82, 2.24) is 5.16 Å². The Morgan fingerprint density at radius 2 is 1.88 bits per heavy atom. The van der Waals surface area contributed by atoms with E-state index in [1.807, 2.05) is 48.5 Å². The highest BCUT2D eigenvalue weighted by Gasteiger charge is 2.32. The van der Waals surface area contributed by atoms with E-state index in [0.29, 0.717) is 17.0 Å². The van der Waals surface area contributed by atoms with Gasteiger partial charge in [0.15, 0.2) is 11.5 Å². The smallest absolute Gasteiger partial charge is 0.198 e. The maximum absolute atomic E-state index is 12.7. The molecule has 4 nitrogen and oxygen atoms in total. The Labute approximate surface area is 156 Å². The van der Waals surface area contributed by atoms with Gasteiger partial charge in [-0.05, 0) is 42.7 Å². The van der Waals surface area contributed by atoms with Gasteiger partial charge in [-0.1, -0.05) is 29.4 Å². The normalized spacial score (nSPS) is 13.6. The molecule has 3 aromatic rings. The number of nitrogens with zero attached hydrogens (tertiary/aromatic N) is 1. The Morgan fingerprint density at radius 3 is 2.54 bits per heavy atom. The second-order valence-corrected chi connectivity index (χ2v) is 7.42. The second kappa shape index (κ2) is 7.38. The summed E-state index contributed by atoms with van der Waals surface area (Å²) in [5.74, 6) is 2.81. The molecule has 0 bridgehead atoms. The Hall–Kier alpha value is -2.53. The Balaban J connectivity index is 1.41. The van der Waals surface area contributed by atoms with E-state index >= 15 is 0 Å². The summed E-state index contributed by atoms with van der Waals surface area (Å²) in [7, 11) is 1.66. The zero-order chi connectivity index (χ0) is 17.9. The highest BCUT2D eigenvalue weighted by atomic mass is 32.2. The van der Waals surface area contributed by atoms with Gasteiger partial charge >= 0.3 is 0 Å². The predicted molar refractivity (Wildman–Crippen MR) is 101 cm³/mol. The van der Waals surface area contributed by atoms with E-state index in [-0.39, 0.29) is 5.78 Å². The van der Waals surface area contributed by atoms with Gasteiger partial charge < -0.3 is 9.26 Å². The molecule has 4 rings (SSSR count). The van der Waals surface area contributed by atoms with Crippen molar-refractivity contribution in [2.75, 3.05) is 7.11 Å². The van der Waals surface area contributed by atoms with Crippen molar-refractivity contribution in [3.05, 3.63) is 77.2 Å². The SMILES string of the molecule is COc1ccc(SCc2ccc(C(=O)c3cnoc3C3CC3)cc2)cc1. The third-order valence-electron chi connectivity index (χ3n) is 4.47. The quantitative estimate of drug-likeness (QED) is 0.431. The second-order valence-electron chi connectivity index (χ2n) is 6.37. The fourth-order valence-electron chi connectivity index (χ4n) is 2.81. The predicted octanol–water partition coefficient (Wildman–Crippen LogP) is 5.08. The van der Waals surface area contributed by atoms with E-state index in [9.17, 15) is 4.79 Å². The Bertz CT molecular complexity index is 896. The number of rotatable bonds is 7. The summed E-state index contributed by atoms with van der Waals surface area (Å²) in [5, 5.41) is 3.81. The van der Waals surface area contributed by atoms with Crippen molar-refractivity contribution < 1.29 is 14.1 Å². The average molecular weight is 365 g/mol. The molecule has 0 amide bonds. The fourth-order valence-corrected chi connectivity index (χ4v) is 3.66. The van der Waals surface area contributed by atoms with Crippen molar-refractivity contribution in [2.24, 2.45) is 0 Å². The molecule has 0 atom stereocenters. The van der Waals surface area contributed by atoms with Gasteiger partial charge in [0.1, 0.15) is 5.75 Å². The molecule has 5 heteroatoms. The lowest BCUT2D eigenvalue weighted by atomic mass is 10.0. The first-order valence-corrected chi connectivity index (χ1v) is 9.58. The molecule has 0 unspecified atom stereocenters. The standard InChI is InChI=1S/C21H19NO3S/c1-24-17-8-10-18(11-9-17)26-13-14-2-4-15(5-3-14)20(23)19-12-22-25-21(19)16-6-7-16/h2-5,8-12,16H,6-7,13H2,1H3. The van der Waals surface area contributed by atoms with Crippen molar-refractivity contribution in [2.45, 2.75) is 29.4 Å². The summed E-state index contributed by atoms with van der Waals surface area (Å²) in [6.45, 7) is 0. The van der Waals surface area contributed by atoms with Crippen LogP contribution in [0.2, 0.25) is 0 Å². The summed E-state index contributed by atoms with van der Waals surface area (Å²) in [6, 6.07) is 15.8. The van der Waals surface area contributed by atoms with Crippen molar-refractivity contribution in [1.29, 1.82) is 0 Å². The van der Waals surface area contributed by atoms with E-state index < -0.39 is 0 Å². The molecule has 0 radical (unpaired) electrons. The molecule has 2 aromatic carbocycles. The molecule has 132 valence electrons. The molecule has 0 saturated heterocycles. The number of hydrogen-bond acceptors (Lipinski definition) is 5. The van der Waals surface area contributed by atoms with Crippen LogP contribution >= 0.6 is 11.8 Å². The van der Waals surface area contributed by atoms with E-state index in [4.69, 9.17) is 9.26 Å². The van der Waals surface area contributed by atoms with Gasteiger partial charge in [0.2, 0.25) is 0 Å². The zero-order valence-electron chi connectivity index (χ0n) is 14.5.